The standard InChI is InChI=1S/C26H32ClN5O3.C24H26ClN5O2.C21H24ClN5O.C19H27ClN4O2.C7H7NO2.C3H4O2.C2HF3O.3CH4/c1-16-12-20(27)22-21(13-16)29-24(30-23(33)18-9-10-28-17(2)14-18)32(22)19-8-6-7-11-31(15-19)25(34)35-26(3,4)5;1-4-21(31)29-10-6-5-7-18(14-29)30-22-19(25)11-15(2)12-20(22)27-24(30)28-23(32)17-8-9-26-16(3)13-17;1-13-9-17(22)19-18(10-13)25-21(27(19)16-5-3-4-7-23-12-16)26-20(28)15-6-8-24-14(2)11-15;1-12-9-14(20)16-15(10-12)22-17(21)24(16)13-7-5-6-8-23(11-13)18(25)26-19(2,3)4;1-6-4-7(10-5-9)2-3-8-6;1-2-5-3-4;3-2(4,5)1-6;;;/h9-10,12-14,19H,6-8,11,15H2,1-5H3,(H,29,30,33);4,8-9,11-13,18H,1,5-7,10,14H2,2-3H3,(H,27,28,32);6,8-11,16,23H,3-5,7,12H2,1-2H3,(H,25,26,28);9-10,13H,5-8,11H2,1-4H3,(H2,21,22);2-5H,1H3;2-3H,1H2;1H;3*1H4/t19-;18-;16-;13-;;;;;;/m1111....../s1. The maximum absolute atomic E-state index is 13.1. The number of nitrogens with zero attached hydrogens (tertiary/aromatic N) is 15. The van der Waals surface area contributed by atoms with Gasteiger partial charge in [-0.25, -0.2) is 29.5 Å². The first-order valence-corrected chi connectivity index (χ1v) is 47.9. The number of amides is 6. The van der Waals surface area contributed by atoms with Gasteiger partial charge < -0.3 is 63.0 Å². The van der Waals surface area contributed by atoms with Crippen molar-refractivity contribution in [3.05, 3.63) is 229 Å². The summed E-state index contributed by atoms with van der Waals surface area (Å²) in [4.78, 5) is 145. The van der Waals surface area contributed by atoms with Crippen LogP contribution >= 0.6 is 46.4 Å². The van der Waals surface area contributed by atoms with Gasteiger partial charge in [0.15, 0.2) is 0 Å². The number of ether oxygens (including phenoxy) is 4. The molecule has 12 aromatic rings. The Balaban J connectivity index is 0.000000244. The van der Waals surface area contributed by atoms with Gasteiger partial charge in [0.05, 0.1) is 88.6 Å². The molecule has 33 nitrogen and oxygen atoms in total. The number of nitrogens with two attached hydrogens (primary N) is 1. The Morgan fingerprint density at radius 2 is 0.766 bits per heavy atom. The van der Waals surface area contributed by atoms with E-state index in [1.807, 2.05) is 159 Å². The van der Waals surface area contributed by atoms with Crippen LogP contribution in [-0.4, -0.2) is 198 Å². The summed E-state index contributed by atoms with van der Waals surface area (Å²) < 4.78 is 59.0. The third-order valence-corrected chi connectivity index (χ3v) is 23.9. The first-order valence-electron chi connectivity index (χ1n) is 46.4. The van der Waals surface area contributed by atoms with E-state index in [2.05, 4.69) is 73.4 Å². The van der Waals surface area contributed by atoms with Crippen LogP contribution in [0.4, 0.5) is 46.6 Å². The van der Waals surface area contributed by atoms with E-state index < -0.39 is 23.7 Å². The molecular weight excluding hydrogens is 1950 g/mol. The van der Waals surface area contributed by atoms with Gasteiger partial charge in [0.25, 0.3) is 30.7 Å². The molecule has 4 atom stereocenters. The summed E-state index contributed by atoms with van der Waals surface area (Å²) in [5.74, 6) is 1.48. The lowest BCUT2D eigenvalue weighted by atomic mass is 10.1. The van der Waals surface area contributed by atoms with E-state index in [0.29, 0.717) is 130 Å². The van der Waals surface area contributed by atoms with Crippen LogP contribution in [-0.2, 0) is 33.4 Å². The van der Waals surface area contributed by atoms with Crippen molar-refractivity contribution in [2.75, 3.05) is 74.0 Å². The number of pyridine rings is 4. The molecule has 0 bridgehead atoms. The predicted octanol–water partition coefficient (Wildman–Crippen LogP) is 23.3. The van der Waals surface area contributed by atoms with E-state index in [0.717, 1.165) is 175 Å². The Kier molecular flexibility index (Phi) is 44.5. The molecule has 0 aliphatic carbocycles. The molecule has 0 radical (unpaired) electrons. The summed E-state index contributed by atoms with van der Waals surface area (Å²) in [5, 5.41) is 14.9. The lowest BCUT2D eigenvalue weighted by Crippen LogP contribution is -2.39. The van der Waals surface area contributed by atoms with E-state index in [9.17, 15) is 46.7 Å². The van der Waals surface area contributed by atoms with E-state index in [-0.39, 0.29) is 82.3 Å². The number of aryl methyl sites for hydroxylation is 8. The number of anilines is 4. The van der Waals surface area contributed by atoms with Crippen LogP contribution in [0.1, 0.15) is 241 Å². The minimum atomic E-state index is -4.64. The molecule has 6 N–H and O–H groups in total. The number of hydrogen-bond acceptors (Lipinski definition) is 23. The van der Waals surface area contributed by atoms with Crippen molar-refractivity contribution < 1.29 is 75.3 Å². The lowest BCUT2D eigenvalue weighted by molar-refractivity contribution is -0.156. The fourth-order valence-electron chi connectivity index (χ4n) is 16.8. The van der Waals surface area contributed by atoms with Gasteiger partial charge in [0.1, 0.15) is 17.0 Å². The van der Waals surface area contributed by atoms with Crippen molar-refractivity contribution in [2.24, 2.45) is 0 Å². The van der Waals surface area contributed by atoms with Gasteiger partial charge in [-0.3, -0.25) is 69.4 Å². The smallest absolute Gasteiger partial charge is 0.444 e. The van der Waals surface area contributed by atoms with Crippen LogP contribution < -0.4 is 31.7 Å². The number of carbonyl (C=O) groups excluding carboxylic acids is 9. The fourth-order valence-corrected chi connectivity index (χ4v) is 18.2. The Morgan fingerprint density at radius 1 is 0.441 bits per heavy atom. The van der Waals surface area contributed by atoms with Crippen molar-refractivity contribution in [1.82, 2.24) is 78.2 Å². The van der Waals surface area contributed by atoms with Crippen molar-refractivity contribution >= 4 is 169 Å². The number of carbonyl (C=O) groups is 9. The second-order valence-corrected chi connectivity index (χ2v) is 38.3. The highest BCUT2D eigenvalue weighted by Gasteiger charge is 2.35. The van der Waals surface area contributed by atoms with Crippen molar-refractivity contribution in [1.29, 1.82) is 0 Å². The number of aldehydes is 1. The molecular formula is C105H133Cl4F3N20O13. The van der Waals surface area contributed by atoms with E-state index in [1.165, 1.54) is 6.08 Å². The molecule has 6 amide bonds. The van der Waals surface area contributed by atoms with Crippen LogP contribution in [0.2, 0.25) is 20.1 Å². The highest BCUT2D eigenvalue weighted by atomic mass is 35.5. The minimum absolute atomic E-state index is 0. The van der Waals surface area contributed by atoms with E-state index in [4.69, 9.17) is 86.2 Å². The fraction of sp³-hybridized carbons (Fsp3) is 0.419. The Bertz CT molecular complexity index is 6520. The third kappa shape index (κ3) is 33.8. The predicted molar refractivity (Wildman–Crippen MR) is 565 cm³/mol. The summed E-state index contributed by atoms with van der Waals surface area (Å²) in [5.41, 5.74) is 20.1. The molecule has 16 rings (SSSR count). The van der Waals surface area contributed by atoms with Crippen LogP contribution in [0.3, 0.4) is 0 Å². The number of likely N-dealkylation sites (tertiary alicyclic amines) is 3. The zero-order valence-electron chi connectivity index (χ0n) is 82.0. The average Bonchev–Trinajstić information content (AvgIpc) is 1.66. The quantitative estimate of drug-likeness (QED) is 0.0275. The number of benzene rings is 4. The number of aromatic nitrogens is 12. The lowest BCUT2D eigenvalue weighted by Gasteiger charge is -2.29. The summed E-state index contributed by atoms with van der Waals surface area (Å²) in [6.45, 7) is 39.2. The monoisotopic (exact) mass is 2080 g/mol. The van der Waals surface area contributed by atoms with Gasteiger partial charge in [-0.2, -0.15) is 13.2 Å². The van der Waals surface area contributed by atoms with E-state index in [1.54, 1.807) is 88.0 Å². The number of fused-ring (bicyclic) bond motifs is 4. The molecule has 0 unspecified atom stereocenters. The number of imidazole rings is 4. The SMILES string of the molecule is C.C.C.C=CC(=O)N1CCCC[C@@H](n2c(NC(=O)c3ccnc(C)c3)nc3cc(C)cc(Cl)c32)C1.C=COC=O.Cc1cc(Cl)c2c(c1)nc(N)n2[C@@H]1CCCCN(C(=O)OC(C)(C)C)C1.Cc1cc(Cl)c2c(c1)nc(NC(=O)c1ccnc(C)c1)n2[C@@H]1CCCCN(C(=O)OC(C)(C)C)C1.Cc1cc(Cl)c2c(c1)nc(NC(=O)c1ccnc(C)c1)n2[C@@H]1CCCCNC1.Cc1cc(OC=O)ccn1.O=CC(F)(F)F. The number of halogens is 7. The zero-order chi connectivity index (χ0) is 104. The van der Waals surface area contributed by atoms with Gasteiger partial charge in [-0.05, 0) is 293 Å². The topological polar surface area (TPSA) is 397 Å². The van der Waals surface area contributed by atoms with Crippen molar-refractivity contribution in [3.8, 4) is 5.75 Å². The van der Waals surface area contributed by atoms with Gasteiger partial charge in [0, 0.05) is 122 Å². The van der Waals surface area contributed by atoms with Crippen molar-refractivity contribution in [3.63, 3.8) is 0 Å². The van der Waals surface area contributed by atoms with Gasteiger partial charge in [-0.1, -0.05) is 88.3 Å². The summed E-state index contributed by atoms with van der Waals surface area (Å²) in [6.07, 6.45) is 14.0. The van der Waals surface area contributed by atoms with Gasteiger partial charge >= 0.3 is 18.4 Å². The molecule has 4 fully saturated rings. The third-order valence-electron chi connectivity index (χ3n) is 22.8. The molecule has 40 heteroatoms. The van der Waals surface area contributed by atoms with Gasteiger partial charge in [0.2, 0.25) is 36.0 Å². The molecule has 4 aromatic carbocycles. The number of rotatable bonds is 15. The molecule has 0 spiro atoms. The molecule has 0 saturated carbocycles. The van der Waals surface area contributed by atoms with Crippen molar-refractivity contribution in [2.45, 2.75) is 238 Å². The maximum Gasteiger partial charge on any atom is 0.446 e. The highest BCUT2D eigenvalue weighted by molar-refractivity contribution is 6.36. The molecule has 4 aliphatic heterocycles. The summed E-state index contributed by atoms with van der Waals surface area (Å²) in [6, 6.07) is 29.1. The second-order valence-electron chi connectivity index (χ2n) is 36.7. The average molecular weight is 2080 g/mol. The molecule has 4 saturated heterocycles. The molecule has 780 valence electrons. The first-order chi connectivity index (χ1) is 67.4. The Morgan fingerprint density at radius 3 is 1.10 bits per heavy atom. The number of alkyl halides is 3. The maximum atomic E-state index is 13.1. The Hall–Kier alpha value is -13.4. The molecule has 145 heavy (non-hydrogen) atoms. The van der Waals surface area contributed by atoms with Crippen LogP contribution in [0.5, 0.6) is 5.75 Å². The first kappa shape index (κ1) is 119. The Labute approximate surface area is 864 Å². The normalized spacial score (nSPS) is 15.7. The van der Waals surface area contributed by atoms with E-state index >= 15 is 0 Å². The van der Waals surface area contributed by atoms with Crippen LogP contribution in [0, 0.1) is 55.4 Å². The van der Waals surface area contributed by atoms with Gasteiger partial charge in [-0.15, -0.1) is 0 Å². The number of hydrogen-bond donors (Lipinski definition) is 5. The highest BCUT2D eigenvalue weighted by Crippen LogP contribution is 2.41. The summed E-state index contributed by atoms with van der Waals surface area (Å²) >= 11 is 26.5. The number of nitrogen functional groups attached to an aromatic ring is 1. The molecule has 12 heterocycles. The van der Waals surface area contributed by atoms with Crippen LogP contribution in [0.15, 0.2) is 147 Å². The molecule has 8 aromatic heterocycles. The minimum Gasteiger partial charge on any atom is -0.444 e. The summed E-state index contributed by atoms with van der Waals surface area (Å²) in [7, 11) is 0. The largest absolute Gasteiger partial charge is 0.446 e. The number of nitrogens with one attached hydrogen (secondary N) is 4. The van der Waals surface area contributed by atoms with Crippen LogP contribution in [0.25, 0.3) is 44.1 Å². The second kappa shape index (κ2) is 54.5. The zero-order valence-corrected chi connectivity index (χ0v) is 85.1. The molecule has 4 aliphatic rings.